The Balaban J connectivity index is 1.34. The molecular weight excluding hydrogens is 366 g/mol. The summed E-state index contributed by atoms with van der Waals surface area (Å²) in [7, 11) is 1.70. The Hall–Kier alpha value is -3.48. The van der Waals surface area contributed by atoms with E-state index < -0.39 is 0 Å². The fourth-order valence-corrected chi connectivity index (χ4v) is 3.39. The average molecular weight is 389 g/mol. The van der Waals surface area contributed by atoms with E-state index in [-0.39, 0.29) is 11.5 Å². The number of likely N-dealkylation sites (tertiary alicyclic amines) is 1. The zero-order valence-corrected chi connectivity index (χ0v) is 16.3. The molecule has 7 nitrogen and oxygen atoms in total. The van der Waals surface area contributed by atoms with Gasteiger partial charge in [0, 0.05) is 56.6 Å². The van der Waals surface area contributed by atoms with E-state index in [1.807, 2.05) is 47.4 Å². The molecule has 0 bridgehead atoms. The van der Waals surface area contributed by atoms with Crippen molar-refractivity contribution in [3.05, 3.63) is 76.8 Å². The Kier molecular flexibility index (Phi) is 5.37. The molecule has 0 aliphatic carbocycles. The molecule has 4 rings (SSSR count). The van der Waals surface area contributed by atoms with E-state index in [1.54, 1.807) is 19.4 Å². The van der Waals surface area contributed by atoms with Crippen LogP contribution in [0.25, 0.3) is 11.3 Å². The van der Waals surface area contributed by atoms with E-state index in [1.165, 1.54) is 10.6 Å². The van der Waals surface area contributed by atoms with Crippen LogP contribution in [0.15, 0.2) is 65.7 Å². The first kappa shape index (κ1) is 18.9. The van der Waals surface area contributed by atoms with Gasteiger partial charge in [0.15, 0.2) is 0 Å². The van der Waals surface area contributed by atoms with Gasteiger partial charge in [0.25, 0.3) is 5.56 Å². The van der Waals surface area contributed by atoms with Crippen LogP contribution in [-0.4, -0.2) is 45.0 Å². The third kappa shape index (κ3) is 4.34. The molecule has 3 aromatic rings. The van der Waals surface area contributed by atoms with Crippen molar-refractivity contribution in [2.75, 3.05) is 25.0 Å². The van der Waals surface area contributed by atoms with Crippen molar-refractivity contribution in [3.8, 4) is 11.3 Å². The van der Waals surface area contributed by atoms with E-state index in [0.717, 1.165) is 24.2 Å². The lowest BCUT2D eigenvalue weighted by molar-refractivity contribution is -0.136. The number of pyridine rings is 1. The Bertz CT molecular complexity index is 1040. The standard InChI is InChI=1S/C22H23N5O2/c1-26-20(28)12-19(18-7-9-23-10-8-18)25-22(26)24-13-17-14-27(15-17)21(29)11-16-5-3-2-4-6-16/h2-10,12,17H,11,13-15H2,1H3,(H,24,25). The highest BCUT2D eigenvalue weighted by Gasteiger charge is 2.30. The lowest BCUT2D eigenvalue weighted by atomic mass is 9.99. The monoisotopic (exact) mass is 389 g/mol. The zero-order chi connectivity index (χ0) is 20.2. The van der Waals surface area contributed by atoms with Crippen molar-refractivity contribution < 1.29 is 4.79 Å². The minimum Gasteiger partial charge on any atom is -0.355 e. The number of carbonyl (C=O) groups is 1. The van der Waals surface area contributed by atoms with Crippen LogP contribution in [0.5, 0.6) is 0 Å². The van der Waals surface area contributed by atoms with Crippen molar-refractivity contribution in [1.29, 1.82) is 0 Å². The first-order chi connectivity index (χ1) is 14.1. The molecule has 2 aromatic heterocycles. The highest BCUT2D eigenvalue weighted by atomic mass is 16.2. The average Bonchev–Trinajstić information content (AvgIpc) is 2.71. The number of hydrogen-bond acceptors (Lipinski definition) is 5. The number of carbonyl (C=O) groups excluding carboxylic acids is 1. The van der Waals surface area contributed by atoms with Crippen molar-refractivity contribution in [2.45, 2.75) is 6.42 Å². The molecule has 1 aliphatic rings. The van der Waals surface area contributed by atoms with Gasteiger partial charge in [-0.1, -0.05) is 30.3 Å². The smallest absolute Gasteiger partial charge is 0.255 e. The maximum absolute atomic E-state index is 12.4. The van der Waals surface area contributed by atoms with Gasteiger partial charge in [0.1, 0.15) is 0 Å². The summed E-state index contributed by atoms with van der Waals surface area (Å²) in [6, 6.07) is 15.0. The number of amides is 1. The predicted octanol–water partition coefficient (Wildman–Crippen LogP) is 1.96. The van der Waals surface area contributed by atoms with E-state index in [2.05, 4.69) is 15.3 Å². The van der Waals surface area contributed by atoms with Crippen LogP contribution in [0.1, 0.15) is 5.56 Å². The summed E-state index contributed by atoms with van der Waals surface area (Å²) in [5, 5.41) is 3.27. The summed E-state index contributed by atoms with van der Waals surface area (Å²) in [6.07, 6.45) is 3.79. The number of hydrogen-bond donors (Lipinski definition) is 1. The first-order valence-electron chi connectivity index (χ1n) is 9.64. The molecule has 1 fully saturated rings. The third-order valence-corrected chi connectivity index (χ3v) is 5.17. The molecule has 7 heteroatoms. The highest BCUT2D eigenvalue weighted by Crippen LogP contribution is 2.19. The van der Waals surface area contributed by atoms with E-state index in [0.29, 0.717) is 30.5 Å². The second kappa shape index (κ2) is 8.26. The largest absolute Gasteiger partial charge is 0.355 e. The summed E-state index contributed by atoms with van der Waals surface area (Å²) in [5.74, 6) is 1.02. The number of aromatic nitrogens is 3. The molecule has 3 heterocycles. The van der Waals surface area contributed by atoms with Gasteiger partial charge in [-0.05, 0) is 17.7 Å². The molecule has 0 spiro atoms. The van der Waals surface area contributed by atoms with Gasteiger partial charge in [-0.15, -0.1) is 0 Å². The number of benzene rings is 1. The second-order valence-corrected chi connectivity index (χ2v) is 7.31. The summed E-state index contributed by atoms with van der Waals surface area (Å²) in [4.78, 5) is 35.1. The van der Waals surface area contributed by atoms with Crippen LogP contribution >= 0.6 is 0 Å². The summed E-state index contributed by atoms with van der Waals surface area (Å²) >= 11 is 0. The zero-order valence-electron chi connectivity index (χ0n) is 16.3. The molecule has 148 valence electrons. The van der Waals surface area contributed by atoms with Gasteiger partial charge in [0.2, 0.25) is 11.9 Å². The molecular formula is C22H23N5O2. The lowest BCUT2D eigenvalue weighted by Gasteiger charge is -2.39. The van der Waals surface area contributed by atoms with Gasteiger partial charge >= 0.3 is 0 Å². The molecule has 1 saturated heterocycles. The highest BCUT2D eigenvalue weighted by molar-refractivity contribution is 5.79. The van der Waals surface area contributed by atoms with Crippen LogP contribution in [0.4, 0.5) is 5.95 Å². The number of rotatable bonds is 6. The molecule has 1 amide bonds. The quantitative estimate of drug-likeness (QED) is 0.697. The van der Waals surface area contributed by atoms with Crippen molar-refractivity contribution in [3.63, 3.8) is 0 Å². The predicted molar refractivity (Wildman–Crippen MR) is 111 cm³/mol. The number of anilines is 1. The van der Waals surface area contributed by atoms with Crippen LogP contribution in [-0.2, 0) is 18.3 Å². The SMILES string of the molecule is Cn1c(NCC2CN(C(=O)Cc3ccccc3)C2)nc(-c2ccncc2)cc1=O. The molecule has 0 atom stereocenters. The Morgan fingerprint density at radius 2 is 1.86 bits per heavy atom. The minimum absolute atomic E-state index is 0.123. The fraction of sp³-hybridized carbons (Fsp3) is 0.273. The van der Waals surface area contributed by atoms with Crippen LogP contribution in [0.2, 0.25) is 0 Å². The molecule has 29 heavy (non-hydrogen) atoms. The summed E-state index contributed by atoms with van der Waals surface area (Å²) < 4.78 is 1.50. The maximum atomic E-state index is 12.4. The van der Waals surface area contributed by atoms with Gasteiger partial charge in [0.05, 0.1) is 12.1 Å². The molecule has 0 unspecified atom stereocenters. The first-order valence-corrected chi connectivity index (χ1v) is 9.64. The van der Waals surface area contributed by atoms with Crippen LogP contribution < -0.4 is 10.9 Å². The number of nitrogens with one attached hydrogen (secondary N) is 1. The summed E-state index contributed by atoms with van der Waals surface area (Å²) in [5.41, 5.74) is 2.38. The Morgan fingerprint density at radius 3 is 2.59 bits per heavy atom. The van der Waals surface area contributed by atoms with Gasteiger partial charge in [-0.25, -0.2) is 4.98 Å². The van der Waals surface area contributed by atoms with E-state index >= 15 is 0 Å². The Labute approximate surface area is 169 Å². The summed E-state index contributed by atoms with van der Waals surface area (Å²) in [6.45, 7) is 2.10. The van der Waals surface area contributed by atoms with E-state index in [4.69, 9.17) is 0 Å². The lowest BCUT2D eigenvalue weighted by Crippen LogP contribution is -2.52. The van der Waals surface area contributed by atoms with Crippen molar-refractivity contribution in [2.24, 2.45) is 13.0 Å². The minimum atomic E-state index is -0.123. The topological polar surface area (TPSA) is 80.1 Å². The van der Waals surface area contributed by atoms with Crippen molar-refractivity contribution >= 4 is 11.9 Å². The van der Waals surface area contributed by atoms with Crippen LogP contribution in [0.3, 0.4) is 0 Å². The fourth-order valence-electron chi connectivity index (χ4n) is 3.39. The van der Waals surface area contributed by atoms with Crippen LogP contribution in [0, 0.1) is 5.92 Å². The molecule has 1 aliphatic heterocycles. The molecule has 0 saturated carbocycles. The molecule has 0 radical (unpaired) electrons. The number of nitrogens with zero attached hydrogens (tertiary/aromatic N) is 4. The third-order valence-electron chi connectivity index (χ3n) is 5.17. The van der Waals surface area contributed by atoms with E-state index in [9.17, 15) is 9.59 Å². The molecule has 1 N–H and O–H groups in total. The second-order valence-electron chi connectivity index (χ2n) is 7.31. The normalized spacial score (nSPS) is 13.8. The Morgan fingerprint density at radius 1 is 1.14 bits per heavy atom. The van der Waals surface area contributed by atoms with Crippen molar-refractivity contribution in [1.82, 2.24) is 19.4 Å². The maximum Gasteiger partial charge on any atom is 0.255 e. The van der Waals surface area contributed by atoms with Gasteiger partial charge in [-0.3, -0.25) is 19.1 Å². The molecule has 1 aromatic carbocycles. The van der Waals surface area contributed by atoms with Gasteiger partial charge < -0.3 is 10.2 Å². The van der Waals surface area contributed by atoms with Gasteiger partial charge in [-0.2, -0.15) is 0 Å².